The van der Waals surface area contributed by atoms with E-state index in [1.807, 2.05) is 32.9 Å². The molecule has 0 radical (unpaired) electrons. The minimum Gasteiger partial charge on any atom is -0.312 e. The van der Waals surface area contributed by atoms with Crippen molar-refractivity contribution in [3.05, 3.63) is 50.4 Å². The number of fused-ring (bicyclic) bond motifs is 1. The van der Waals surface area contributed by atoms with Crippen LogP contribution >= 0.6 is 11.3 Å². The molecule has 1 amide bonds. The van der Waals surface area contributed by atoms with E-state index in [-0.39, 0.29) is 5.91 Å². The van der Waals surface area contributed by atoms with E-state index in [9.17, 15) is 10.1 Å². The summed E-state index contributed by atoms with van der Waals surface area (Å²) in [5.74, 6) is 0.529. The lowest BCUT2D eigenvalue weighted by Crippen LogP contribution is -2.15. The Morgan fingerprint density at radius 3 is 2.58 bits per heavy atom. The SMILES string of the molecule is Cc1cc(C)c(C(=O)Nc2sc3c(c2C#N)CC[C@H](C)C3)c(C)c1. The van der Waals surface area contributed by atoms with E-state index < -0.39 is 0 Å². The summed E-state index contributed by atoms with van der Waals surface area (Å²) in [6, 6.07) is 6.35. The molecular weight excluding hydrogens is 316 g/mol. The highest BCUT2D eigenvalue weighted by Gasteiger charge is 2.25. The van der Waals surface area contributed by atoms with Gasteiger partial charge in [0.05, 0.1) is 5.56 Å². The standard InChI is InChI=1S/C20H22N2OS/c1-11-5-6-15-16(10-21)20(24-17(15)9-11)22-19(23)18-13(3)7-12(2)8-14(18)4/h7-8,11H,5-6,9H2,1-4H3,(H,22,23)/t11-/m0/s1. The van der Waals surface area contributed by atoms with Gasteiger partial charge >= 0.3 is 0 Å². The van der Waals surface area contributed by atoms with Gasteiger partial charge in [-0.25, -0.2) is 0 Å². The Hall–Kier alpha value is -2.12. The summed E-state index contributed by atoms with van der Waals surface area (Å²) < 4.78 is 0. The summed E-state index contributed by atoms with van der Waals surface area (Å²) in [7, 11) is 0. The molecule has 3 rings (SSSR count). The zero-order valence-corrected chi connectivity index (χ0v) is 15.4. The molecule has 0 aliphatic heterocycles. The van der Waals surface area contributed by atoms with Crippen LogP contribution in [-0.4, -0.2) is 5.91 Å². The number of thiophene rings is 1. The Morgan fingerprint density at radius 1 is 1.29 bits per heavy atom. The summed E-state index contributed by atoms with van der Waals surface area (Å²) in [5.41, 5.74) is 5.62. The fraction of sp³-hybridized carbons (Fsp3) is 0.400. The summed E-state index contributed by atoms with van der Waals surface area (Å²) in [5, 5.41) is 13.3. The van der Waals surface area contributed by atoms with Crippen LogP contribution in [0.2, 0.25) is 0 Å². The highest BCUT2D eigenvalue weighted by Crippen LogP contribution is 2.39. The number of nitriles is 1. The molecular formula is C20H22N2OS. The van der Waals surface area contributed by atoms with Crippen LogP contribution < -0.4 is 5.32 Å². The Morgan fingerprint density at radius 2 is 1.96 bits per heavy atom. The number of amides is 1. The van der Waals surface area contributed by atoms with Gasteiger partial charge in [-0.2, -0.15) is 5.26 Å². The number of aryl methyl sites for hydroxylation is 3. The zero-order chi connectivity index (χ0) is 17.4. The fourth-order valence-corrected chi connectivity index (χ4v) is 5.02. The van der Waals surface area contributed by atoms with Crippen molar-refractivity contribution in [2.24, 2.45) is 5.92 Å². The minimum atomic E-state index is -0.117. The second-order valence-corrected chi connectivity index (χ2v) is 8.00. The number of carbonyl (C=O) groups excluding carboxylic acids is 1. The zero-order valence-electron chi connectivity index (χ0n) is 14.6. The van der Waals surface area contributed by atoms with E-state index in [0.717, 1.165) is 41.5 Å². The summed E-state index contributed by atoms with van der Waals surface area (Å²) in [6.45, 7) is 8.19. The molecule has 124 valence electrons. The second kappa shape index (κ2) is 6.41. The molecule has 1 heterocycles. The number of nitrogens with one attached hydrogen (secondary N) is 1. The molecule has 0 saturated heterocycles. The molecule has 2 aromatic rings. The molecule has 0 fully saturated rings. The quantitative estimate of drug-likeness (QED) is 0.845. The van der Waals surface area contributed by atoms with Gasteiger partial charge in [-0.3, -0.25) is 4.79 Å². The smallest absolute Gasteiger partial charge is 0.256 e. The molecule has 24 heavy (non-hydrogen) atoms. The van der Waals surface area contributed by atoms with Crippen LogP contribution in [0.25, 0.3) is 0 Å². The molecule has 1 aromatic carbocycles. The maximum atomic E-state index is 12.8. The molecule has 1 atom stereocenters. The number of hydrogen-bond acceptors (Lipinski definition) is 3. The van der Waals surface area contributed by atoms with E-state index in [2.05, 4.69) is 18.3 Å². The Labute approximate surface area is 147 Å². The van der Waals surface area contributed by atoms with Gasteiger partial charge in [0.1, 0.15) is 11.1 Å². The maximum Gasteiger partial charge on any atom is 0.256 e. The predicted octanol–water partition coefficient (Wildman–Crippen LogP) is 4.92. The van der Waals surface area contributed by atoms with Crippen LogP contribution in [0.4, 0.5) is 5.00 Å². The monoisotopic (exact) mass is 338 g/mol. The number of benzene rings is 1. The van der Waals surface area contributed by atoms with Gasteiger partial charge in [0.2, 0.25) is 0 Å². The third-order valence-electron chi connectivity index (χ3n) is 4.75. The van der Waals surface area contributed by atoms with Crippen molar-refractivity contribution < 1.29 is 4.79 Å². The van der Waals surface area contributed by atoms with Crippen molar-refractivity contribution in [1.82, 2.24) is 0 Å². The van der Waals surface area contributed by atoms with Gasteiger partial charge in [0.25, 0.3) is 5.91 Å². The normalized spacial score (nSPS) is 16.4. The second-order valence-electron chi connectivity index (χ2n) is 6.90. The van der Waals surface area contributed by atoms with Gasteiger partial charge in [-0.15, -0.1) is 11.3 Å². The van der Waals surface area contributed by atoms with Crippen molar-refractivity contribution in [3.63, 3.8) is 0 Å². The maximum absolute atomic E-state index is 12.8. The molecule has 1 aliphatic carbocycles. The molecule has 1 aromatic heterocycles. The molecule has 0 bridgehead atoms. The Balaban J connectivity index is 1.95. The lowest BCUT2D eigenvalue weighted by Gasteiger charge is -2.17. The van der Waals surface area contributed by atoms with Gasteiger partial charge in [0, 0.05) is 10.4 Å². The molecule has 0 saturated carbocycles. The van der Waals surface area contributed by atoms with Crippen LogP contribution in [0, 0.1) is 38.0 Å². The number of hydrogen-bond donors (Lipinski definition) is 1. The first-order chi connectivity index (χ1) is 11.4. The number of nitrogens with zero attached hydrogens (tertiary/aromatic N) is 1. The Bertz CT molecular complexity index is 834. The van der Waals surface area contributed by atoms with E-state index in [0.29, 0.717) is 22.0 Å². The van der Waals surface area contributed by atoms with Crippen LogP contribution in [0.5, 0.6) is 0 Å². The summed E-state index contributed by atoms with van der Waals surface area (Å²) in [6.07, 6.45) is 3.06. The first kappa shape index (κ1) is 16.7. The van der Waals surface area contributed by atoms with Gasteiger partial charge in [-0.05, 0) is 62.6 Å². The van der Waals surface area contributed by atoms with Gasteiger partial charge < -0.3 is 5.32 Å². The lowest BCUT2D eigenvalue weighted by molar-refractivity contribution is 0.102. The number of rotatable bonds is 2. The minimum absolute atomic E-state index is 0.117. The van der Waals surface area contributed by atoms with Crippen molar-refractivity contribution in [2.45, 2.75) is 47.0 Å². The van der Waals surface area contributed by atoms with Gasteiger partial charge in [-0.1, -0.05) is 24.6 Å². The number of carbonyl (C=O) groups is 1. The first-order valence-corrected chi connectivity index (χ1v) is 9.16. The largest absolute Gasteiger partial charge is 0.312 e. The van der Waals surface area contributed by atoms with Crippen LogP contribution in [-0.2, 0) is 12.8 Å². The average molecular weight is 338 g/mol. The van der Waals surface area contributed by atoms with Crippen LogP contribution in [0.3, 0.4) is 0 Å². The predicted molar refractivity (Wildman–Crippen MR) is 98.8 cm³/mol. The molecule has 1 aliphatic rings. The molecule has 1 N–H and O–H groups in total. The van der Waals surface area contributed by atoms with Crippen molar-refractivity contribution in [3.8, 4) is 6.07 Å². The first-order valence-electron chi connectivity index (χ1n) is 8.34. The third-order valence-corrected chi connectivity index (χ3v) is 5.92. The highest BCUT2D eigenvalue weighted by atomic mass is 32.1. The van der Waals surface area contributed by atoms with Crippen LogP contribution in [0.1, 0.15) is 56.4 Å². The third kappa shape index (κ3) is 2.97. The number of anilines is 1. The van der Waals surface area contributed by atoms with E-state index >= 15 is 0 Å². The van der Waals surface area contributed by atoms with Crippen LogP contribution in [0.15, 0.2) is 12.1 Å². The fourth-order valence-electron chi connectivity index (χ4n) is 3.66. The van der Waals surface area contributed by atoms with Crippen molar-refractivity contribution in [1.29, 1.82) is 5.26 Å². The average Bonchev–Trinajstić information content (AvgIpc) is 2.81. The topological polar surface area (TPSA) is 52.9 Å². The molecule has 3 nitrogen and oxygen atoms in total. The van der Waals surface area contributed by atoms with E-state index in [1.165, 1.54) is 4.88 Å². The molecule has 0 spiro atoms. The molecule has 0 unspecified atom stereocenters. The van der Waals surface area contributed by atoms with Gasteiger partial charge in [0.15, 0.2) is 0 Å². The summed E-state index contributed by atoms with van der Waals surface area (Å²) >= 11 is 1.57. The van der Waals surface area contributed by atoms with Crippen molar-refractivity contribution >= 4 is 22.2 Å². The lowest BCUT2D eigenvalue weighted by atomic mass is 9.88. The van der Waals surface area contributed by atoms with E-state index in [1.54, 1.807) is 11.3 Å². The highest BCUT2D eigenvalue weighted by molar-refractivity contribution is 7.16. The van der Waals surface area contributed by atoms with Crippen molar-refractivity contribution in [2.75, 3.05) is 5.32 Å². The summed E-state index contributed by atoms with van der Waals surface area (Å²) in [4.78, 5) is 14.1. The van der Waals surface area contributed by atoms with E-state index in [4.69, 9.17) is 0 Å². The Kier molecular flexibility index (Phi) is 4.47. The molecule has 4 heteroatoms.